The summed E-state index contributed by atoms with van der Waals surface area (Å²) in [7, 11) is 0. The van der Waals surface area contributed by atoms with E-state index in [1.54, 1.807) is 0 Å². The molecule has 0 bridgehead atoms. The van der Waals surface area contributed by atoms with Crippen molar-refractivity contribution in [3.05, 3.63) is 261 Å². The molecule has 0 unspecified atom stereocenters. The molecular formula is C69H43N7. The van der Waals surface area contributed by atoms with Gasteiger partial charge in [0.15, 0.2) is 17.5 Å². The lowest BCUT2D eigenvalue weighted by molar-refractivity contribution is 1.07. The Morgan fingerprint density at radius 3 is 1.18 bits per heavy atom. The standard InChI is InChI=1S/C69H43N7/c1-6-22-44(23-7-1)67-70-68(45-24-8-2-9-25-45)72-69(71-67)56-43-54-51-33-17-20-36-58(51)75(47-28-12-4-13-29-47)65(54)63-55-42-49(38-40-60(55)76(66(56)63)48-30-14-5-15-31-48)73-59-37-21-18-34-53(59)62-61(73)41-39-52-50-32-16-19-35-57(50)74(64(52)62)46-26-10-3-11-27-46/h1-43H. The van der Waals surface area contributed by atoms with Crippen LogP contribution in [-0.4, -0.2) is 33.2 Å². The van der Waals surface area contributed by atoms with Gasteiger partial charge in [0.2, 0.25) is 0 Å². The van der Waals surface area contributed by atoms with Gasteiger partial charge in [-0.25, -0.2) is 15.0 Å². The Morgan fingerprint density at radius 1 is 0.224 bits per heavy atom. The highest BCUT2D eigenvalue weighted by Gasteiger charge is 2.28. The maximum absolute atomic E-state index is 5.45. The van der Waals surface area contributed by atoms with Gasteiger partial charge in [0.1, 0.15) is 0 Å². The summed E-state index contributed by atoms with van der Waals surface area (Å²) >= 11 is 0. The Hall–Kier alpha value is -10.4. The Labute approximate surface area is 436 Å². The van der Waals surface area contributed by atoms with Crippen LogP contribution in [0.1, 0.15) is 0 Å². The Morgan fingerprint density at radius 2 is 0.632 bits per heavy atom. The minimum atomic E-state index is 0.594. The average molecular weight is 970 g/mol. The molecule has 0 aliphatic carbocycles. The van der Waals surface area contributed by atoms with Gasteiger partial charge in [0.05, 0.1) is 44.1 Å². The third kappa shape index (κ3) is 6.20. The van der Waals surface area contributed by atoms with E-state index >= 15 is 0 Å². The first-order valence-corrected chi connectivity index (χ1v) is 25.8. The first-order valence-electron chi connectivity index (χ1n) is 25.8. The quantitative estimate of drug-likeness (QED) is 0.160. The topological polar surface area (TPSA) is 58.4 Å². The number of fused-ring (bicyclic) bond motifs is 14. The first kappa shape index (κ1) is 42.2. The van der Waals surface area contributed by atoms with Crippen molar-refractivity contribution >= 4 is 87.2 Å². The van der Waals surface area contributed by atoms with Gasteiger partial charge in [0.25, 0.3) is 0 Å². The van der Waals surface area contributed by atoms with Crippen molar-refractivity contribution in [2.45, 2.75) is 0 Å². The van der Waals surface area contributed by atoms with Gasteiger partial charge in [-0.2, -0.15) is 0 Å². The largest absolute Gasteiger partial charge is 0.309 e. The molecule has 16 rings (SSSR count). The van der Waals surface area contributed by atoms with Crippen molar-refractivity contribution in [1.82, 2.24) is 33.2 Å². The summed E-state index contributed by atoms with van der Waals surface area (Å²) in [6, 6.07) is 93.3. The molecule has 0 aliphatic rings. The molecule has 0 saturated heterocycles. The van der Waals surface area contributed by atoms with Crippen LogP contribution < -0.4 is 0 Å². The Balaban J connectivity index is 1.08. The SMILES string of the molecule is c1ccc(-c2nc(-c3ccccc3)nc(-c3cc4c5ccccc5n(-c5ccccc5)c4c4c5cc(-n6c7ccccc7c7c6ccc6c8ccccc8n(-c8ccccc8)c67)ccc5n(-c5ccccc5)c34)n2)cc1. The lowest BCUT2D eigenvalue weighted by Crippen LogP contribution is -2.02. The highest BCUT2D eigenvalue weighted by atomic mass is 15.1. The van der Waals surface area contributed by atoms with Crippen molar-refractivity contribution in [2.24, 2.45) is 0 Å². The van der Waals surface area contributed by atoms with Crippen molar-refractivity contribution in [3.8, 4) is 56.9 Å². The second kappa shape index (κ2) is 16.6. The van der Waals surface area contributed by atoms with Crippen LogP contribution in [-0.2, 0) is 0 Å². The minimum Gasteiger partial charge on any atom is -0.309 e. The number of benzene rings is 11. The van der Waals surface area contributed by atoms with Gasteiger partial charge in [-0.3, -0.25) is 0 Å². The third-order valence-electron chi connectivity index (χ3n) is 15.4. The van der Waals surface area contributed by atoms with Gasteiger partial charge in [-0.15, -0.1) is 0 Å². The number of para-hydroxylation sites is 6. The van der Waals surface area contributed by atoms with Crippen LogP contribution in [0.3, 0.4) is 0 Å². The van der Waals surface area contributed by atoms with Gasteiger partial charge in [0, 0.05) is 82.5 Å². The molecule has 0 fully saturated rings. The monoisotopic (exact) mass is 969 g/mol. The van der Waals surface area contributed by atoms with E-state index in [1.165, 1.54) is 32.6 Å². The minimum absolute atomic E-state index is 0.594. The molecule has 0 amide bonds. The number of hydrogen-bond donors (Lipinski definition) is 0. The zero-order valence-corrected chi connectivity index (χ0v) is 41.0. The zero-order chi connectivity index (χ0) is 49.8. The Bertz CT molecular complexity index is 4900. The van der Waals surface area contributed by atoms with Crippen LogP contribution >= 0.6 is 0 Å². The lowest BCUT2D eigenvalue weighted by atomic mass is 10.0. The van der Waals surface area contributed by atoms with Gasteiger partial charge in [-0.1, -0.05) is 176 Å². The van der Waals surface area contributed by atoms with Gasteiger partial charge >= 0.3 is 0 Å². The molecule has 354 valence electrons. The predicted octanol–water partition coefficient (Wildman–Crippen LogP) is 17.3. The van der Waals surface area contributed by atoms with Crippen LogP contribution in [0.2, 0.25) is 0 Å². The lowest BCUT2D eigenvalue weighted by Gasteiger charge is -2.14. The Kier molecular flexibility index (Phi) is 9.20. The molecule has 0 spiro atoms. The van der Waals surface area contributed by atoms with Crippen LogP contribution in [0.15, 0.2) is 261 Å². The molecular weight excluding hydrogens is 927 g/mol. The summed E-state index contributed by atoms with van der Waals surface area (Å²) in [6.07, 6.45) is 0. The van der Waals surface area contributed by atoms with E-state index < -0.39 is 0 Å². The van der Waals surface area contributed by atoms with Crippen molar-refractivity contribution in [1.29, 1.82) is 0 Å². The van der Waals surface area contributed by atoms with E-state index in [0.717, 1.165) is 94.1 Å². The van der Waals surface area contributed by atoms with Gasteiger partial charge in [-0.05, 0) is 84.9 Å². The second-order valence-electron chi connectivity index (χ2n) is 19.5. The molecule has 11 aromatic carbocycles. The van der Waals surface area contributed by atoms with E-state index in [1.807, 2.05) is 36.4 Å². The fraction of sp³-hybridized carbons (Fsp3) is 0. The molecule has 5 aromatic heterocycles. The van der Waals surface area contributed by atoms with E-state index in [2.05, 4.69) is 243 Å². The summed E-state index contributed by atoms with van der Waals surface area (Å²) in [4.78, 5) is 16.1. The van der Waals surface area contributed by atoms with Crippen LogP contribution in [0.5, 0.6) is 0 Å². The maximum atomic E-state index is 5.45. The van der Waals surface area contributed by atoms with Crippen molar-refractivity contribution in [3.63, 3.8) is 0 Å². The van der Waals surface area contributed by atoms with E-state index in [4.69, 9.17) is 15.0 Å². The fourth-order valence-electron chi connectivity index (χ4n) is 12.2. The van der Waals surface area contributed by atoms with Gasteiger partial charge < -0.3 is 18.3 Å². The van der Waals surface area contributed by atoms with Crippen molar-refractivity contribution < 1.29 is 0 Å². The van der Waals surface area contributed by atoms with Crippen LogP contribution in [0, 0.1) is 0 Å². The molecule has 0 saturated carbocycles. The van der Waals surface area contributed by atoms with E-state index in [9.17, 15) is 0 Å². The summed E-state index contributed by atoms with van der Waals surface area (Å²) < 4.78 is 9.81. The molecule has 0 atom stereocenters. The molecule has 5 heterocycles. The highest BCUT2D eigenvalue weighted by molar-refractivity contribution is 6.30. The number of nitrogens with zero attached hydrogens (tertiary/aromatic N) is 7. The first-order chi connectivity index (χ1) is 37.7. The molecule has 16 aromatic rings. The summed E-state index contributed by atoms with van der Waals surface area (Å²) in [5.41, 5.74) is 16.0. The molecule has 0 N–H and O–H groups in total. The normalized spacial score (nSPS) is 11.9. The third-order valence-corrected chi connectivity index (χ3v) is 15.4. The second-order valence-corrected chi connectivity index (χ2v) is 19.5. The molecule has 0 aliphatic heterocycles. The summed E-state index contributed by atoms with van der Waals surface area (Å²) in [5, 5.41) is 9.32. The number of rotatable bonds is 7. The van der Waals surface area contributed by atoms with E-state index in [0.29, 0.717) is 17.5 Å². The highest BCUT2D eigenvalue weighted by Crippen LogP contribution is 2.48. The number of aromatic nitrogens is 7. The zero-order valence-electron chi connectivity index (χ0n) is 41.0. The van der Waals surface area contributed by atoms with Crippen LogP contribution in [0.25, 0.3) is 144 Å². The average Bonchev–Trinajstić information content (AvgIpc) is 4.28. The summed E-state index contributed by atoms with van der Waals surface area (Å²) in [5.74, 6) is 1.82. The smallest absolute Gasteiger partial charge is 0.166 e. The summed E-state index contributed by atoms with van der Waals surface area (Å²) in [6.45, 7) is 0. The van der Waals surface area contributed by atoms with Crippen LogP contribution in [0.4, 0.5) is 0 Å². The van der Waals surface area contributed by atoms with Crippen molar-refractivity contribution in [2.75, 3.05) is 0 Å². The fourth-order valence-corrected chi connectivity index (χ4v) is 12.2. The molecule has 7 nitrogen and oxygen atoms in total. The van der Waals surface area contributed by atoms with E-state index in [-0.39, 0.29) is 0 Å². The molecule has 7 heteroatoms. The predicted molar refractivity (Wildman–Crippen MR) is 313 cm³/mol. The molecule has 76 heavy (non-hydrogen) atoms. The maximum Gasteiger partial charge on any atom is 0.166 e. The number of hydrogen-bond acceptors (Lipinski definition) is 3. The molecule has 0 radical (unpaired) electrons.